The molecule has 0 rings (SSSR count). The molecule has 0 aliphatic carbocycles. The molecule has 0 bridgehead atoms. The van der Waals surface area contributed by atoms with Crippen LogP contribution < -0.4 is 0 Å². The van der Waals surface area contributed by atoms with Crippen LogP contribution in [-0.4, -0.2) is 58.8 Å². The van der Waals surface area contributed by atoms with E-state index < -0.39 is 30.9 Å². The van der Waals surface area contributed by atoms with E-state index in [2.05, 4.69) is 38.2 Å². The molecule has 3 atom stereocenters. The first-order valence-electron chi connectivity index (χ1n) is 19.7. The minimum absolute atomic E-state index is 0.0427. The number of hydrogen-bond acceptors (Lipinski definition) is 7. The lowest BCUT2D eigenvalue weighted by molar-refractivity contribution is -0.161. The smallest absolute Gasteiger partial charge is 0.306 e. The predicted octanol–water partition coefficient (Wildman–Crippen LogP) is 10.0. The number of allylic oxidation sites excluding steroid dienone is 5. The Labute approximate surface area is 294 Å². The van der Waals surface area contributed by atoms with Crippen molar-refractivity contribution in [2.75, 3.05) is 13.2 Å². The van der Waals surface area contributed by atoms with E-state index in [1.807, 2.05) is 12.2 Å². The lowest BCUT2D eigenvalue weighted by Crippen LogP contribution is -2.29. The number of carbonyl (C=O) groups excluding carboxylic acids is 2. The summed E-state index contributed by atoms with van der Waals surface area (Å²) < 4.78 is 10.5. The van der Waals surface area contributed by atoms with Crippen LogP contribution in [0.15, 0.2) is 36.5 Å². The molecule has 2 unspecified atom stereocenters. The fourth-order valence-corrected chi connectivity index (χ4v) is 5.48. The number of unbranched alkanes of at least 4 members (excludes halogenated alkanes) is 17. The first-order chi connectivity index (χ1) is 23.4. The van der Waals surface area contributed by atoms with Gasteiger partial charge in [-0.3, -0.25) is 9.59 Å². The van der Waals surface area contributed by atoms with E-state index in [9.17, 15) is 24.9 Å². The number of esters is 2. The Morgan fingerprint density at radius 1 is 0.562 bits per heavy atom. The summed E-state index contributed by atoms with van der Waals surface area (Å²) in [6.45, 7) is 3.86. The van der Waals surface area contributed by atoms with Crippen LogP contribution in [0, 0.1) is 0 Å². The van der Waals surface area contributed by atoms with Gasteiger partial charge in [-0.15, -0.1) is 0 Å². The Hall–Kier alpha value is -1.96. The fourth-order valence-electron chi connectivity index (χ4n) is 5.48. The summed E-state index contributed by atoms with van der Waals surface area (Å²) in [4.78, 5) is 24.3. The summed E-state index contributed by atoms with van der Waals surface area (Å²) in [6.07, 6.45) is 36.6. The molecule has 280 valence electrons. The third-order valence-corrected chi connectivity index (χ3v) is 8.64. The summed E-state index contributed by atoms with van der Waals surface area (Å²) in [5, 5.41) is 30.0. The SMILES string of the molecule is CCCCC/C=C\C/C=C\C/C=C\CC(O)C(O)CCCC(=O)O[C@@H](CO)COC(=O)CCCCCCCCCCCCCCCCC. The van der Waals surface area contributed by atoms with E-state index in [-0.39, 0.29) is 25.4 Å². The van der Waals surface area contributed by atoms with Crippen LogP contribution >= 0.6 is 0 Å². The Morgan fingerprint density at radius 3 is 1.60 bits per heavy atom. The molecule has 7 heteroatoms. The molecule has 3 N–H and O–H groups in total. The zero-order valence-electron chi connectivity index (χ0n) is 31.0. The monoisotopic (exact) mass is 679 g/mol. The molecule has 0 aromatic rings. The summed E-state index contributed by atoms with van der Waals surface area (Å²) in [6, 6.07) is 0. The van der Waals surface area contributed by atoms with Crippen LogP contribution in [0.4, 0.5) is 0 Å². The minimum Gasteiger partial charge on any atom is -0.462 e. The lowest BCUT2D eigenvalue weighted by Gasteiger charge is -2.17. The Balaban J connectivity index is 3.80. The molecular formula is C41H74O7. The molecule has 48 heavy (non-hydrogen) atoms. The number of aliphatic hydroxyl groups is 3. The van der Waals surface area contributed by atoms with Gasteiger partial charge in [0.15, 0.2) is 6.10 Å². The molecule has 0 aliphatic rings. The number of ether oxygens (including phenoxy) is 2. The zero-order valence-corrected chi connectivity index (χ0v) is 31.0. The molecule has 7 nitrogen and oxygen atoms in total. The molecule has 0 saturated heterocycles. The molecule has 0 spiro atoms. The van der Waals surface area contributed by atoms with Gasteiger partial charge >= 0.3 is 11.9 Å². The third-order valence-electron chi connectivity index (χ3n) is 8.64. The standard InChI is InChI=1S/C41H74O7/c1-3-5-7-9-11-13-15-17-18-19-21-23-25-27-29-33-40(45)47-36-37(35-42)48-41(46)34-30-32-39(44)38(43)31-28-26-24-22-20-16-14-12-10-8-6-4-2/h12,14,20,22,26,28,37-39,42-44H,3-11,13,15-19,21,23-25,27,29-36H2,1-2H3/b14-12-,22-20-,28-26-/t37-,38?,39?/m0/s1. The van der Waals surface area contributed by atoms with Gasteiger partial charge in [0, 0.05) is 12.8 Å². The van der Waals surface area contributed by atoms with Crippen LogP contribution in [0.5, 0.6) is 0 Å². The quantitative estimate of drug-likeness (QED) is 0.0347. The van der Waals surface area contributed by atoms with Gasteiger partial charge in [0.2, 0.25) is 0 Å². The van der Waals surface area contributed by atoms with Crippen molar-refractivity contribution in [3.63, 3.8) is 0 Å². The van der Waals surface area contributed by atoms with Gasteiger partial charge < -0.3 is 24.8 Å². The van der Waals surface area contributed by atoms with Crippen molar-refractivity contribution in [2.45, 2.75) is 199 Å². The number of rotatable bonds is 35. The number of carbonyl (C=O) groups is 2. The van der Waals surface area contributed by atoms with Crippen LogP contribution in [0.1, 0.15) is 181 Å². The van der Waals surface area contributed by atoms with Gasteiger partial charge in [-0.25, -0.2) is 0 Å². The van der Waals surface area contributed by atoms with Gasteiger partial charge in [-0.2, -0.15) is 0 Å². The van der Waals surface area contributed by atoms with Gasteiger partial charge in [0.1, 0.15) is 6.61 Å². The second-order valence-corrected chi connectivity index (χ2v) is 13.3. The molecule has 0 aromatic heterocycles. The fraction of sp³-hybridized carbons (Fsp3) is 0.805. The molecule has 0 aromatic carbocycles. The maximum absolute atomic E-state index is 12.2. The van der Waals surface area contributed by atoms with E-state index >= 15 is 0 Å². The summed E-state index contributed by atoms with van der Waals surface area (Å²) in [7, 11) is 0. The van der Waals surface area contributed by atoms with Gasteiger partial charge in [0.05, 0.1) is 18.8 Å². The van der Waals surface area contributed by atoms with E-state index in [0.29, 0.717) is 19.3 Å². The Morgan fingerprint density at radius 2 is 1.04 bits per heavy atom. The van der Waals surface area contributed by atoms with E-state index in [1.165, 1.54) is 96.3 Å². The topological polar surface area (TPSA) is 113 Å². The minimum atomic E-state index is -0.940. The highest BCUT2D eigenvalue weighted by Gasteiger charge is 2.18. The summed E-state index contributed by atoms with van der Waals surface area (Å²) in [5.74, 6) is -0.872. The van der Waals surface area contributed by atoms with Crippen LogP contribution in [0.2, 0.25) is 0 Å². The zero-order chi connectivity index (χ0) is 35.3. The Bertz CT molecular complexity index is 807. The largest absolute Gasteiger partial charge is 0.462 e. The second-order valence-electron chi connectivity index (χ2n) is 13.3. The van der Waals surface area contributed by atoms with Crippen molar-refractivity contribution in [3.8, 4) is 0 Å². The van der Waals surface area contributed by atoms with Crippen LogP contribution in [-0.2, 0) is 19.1 Å². The van der Waals surface area contributed by atoms with Crippen molar-refractivity contribution >= 4 is 11.9 Å². The van der Waals surface area contributed by atoms with E-state index in [1.54, 1.807) is 0 Å². The molecule has 0 fully saturated rings. The summed E-state index contributed by atoms with van der Waals surface area (Å²) in [5.41, 5.74) is 0. The predicted molar refractivity (Wildman–Crippen MR) is 199 cm³/mol. The van der Waals surface area contributed by atoms with Gasteiger partial charge in [-0.1, -0.05) is 153 Å². The van der Waals surface area contributed by atoms with Crippen LogP contribution in [0.3, 0.4) is 0 Å². The van der Waals surface area contributed by atoms with Gasteiger partial charge in [-0.05, 0) is 51.4 Å². The molecule has 0 amide bonds. The molecular weight excluding hydrogens is 604 g/mol. The van der Waals surface area contributed by atoms with Crippen molar-refractivity contribution in [1.29, 1.82) is 0 Å². The first kappa shape index (κ1) is 46.0. The van der Waals surface area contributed by atoms with Crippen LogP contribution in [0.25, 0.3) is 0 Å². The molecule has 0 aliphatic heterocycles. The van der Waals surface area contributed by atoms with Gasteiger partial charge in [0.25, 0.3) is 0 Å². The van der Waals surface area contributed by atoms with Crippen molar-refractivity contribution in [2.24, 2.45) is 0 Å². The highest BCUT2D eigenvalue weighted by atomic mass is 16.6. The van der Waals surface area contributed by atoms with E-state index in [4.69, 9.17) is 9.47 Å². The third kappa shape index (κ3) is 32.6. The van der Waals surface area contributed by atoms with E-state index in [0.717, 1.165) is 38.5 Å². The lowest BCUT2D eigenvalue weighted by atomic mass is 10.0. The highest BCUT2D eigenvalue weighted by molar-refractivity contribution is 5.70. The average molecular weight is 679 g/mol. The first-order valence-corrected chi connectivity index (χ1v) is 19.7. The normalized spacial score (nSPS) is 13.9. The molecule has 0 saturated carbocycles. The molecule has 0 heterocycles. The van der Waals surface area contributed by atoms with Crippen molar-refractivity contribution < 1.29 is 34.4 Å². The average Bonchev–Trinajstić information content (AvgIpc) is 3.08. The Kier molecular flexibility index (Phi) is 34.8. The van der Waals surface area contributed by atoms with Crippen molar-refractivity contribution in [1.82, 2.24) is 0 Å². The highest BCUT2D eigenvalue weighted by Crippen LogP contribution is 2.14. The molecule has 0 radical (unpaired) electrons. The number of aliphatic hydroxyl groups excluding tert-OH is 3. The van der Waals surface area contributed by atoms with Crippen molar-refractivity contribution in [3.05, 3.63) is 36.5 Å². The maximum Gasteiger partial charge on any atom is 0.306 e. The number of hydrogen-bond donors (Lipinski definition) is 3. The maximum atomic E-state index is 12.2. The summed E-state index contributed by atoms with van der Waals surface area (Å²) >= 11 is 0. The second kappa shape index (κ2) is 36.3.